The van der Waals surface area contributed by atoms with Gasteiger partial charge in [-0.2, -0.15) is 0 Å². The quantitative estimate of drug-likeness (QED) is 0.660. The largest absolute Gasteiger partial charge is 0.302 e. The van der Waals surface area contributed by atoms with Gasteiger partial charge in [0.25, 0.3) is 0 Å². The van der Waals surface area contributed by atoms with Crippen molar-refractivity contribution in [2.24, 2.45) is 28.6 Å². The number of hydrogen-bond acceptors (Lipinski definition) is 2. The van der Waals surface area contributed by atoms with Gasteiger partial charge in [-0.05, 0) is 71.2 Å². The van der Waals surface area contributed by atoms with Crippen LogP contribution < -0.4 is 0 Å². The van der Waals surface area contributed by atoms with E-state index in [1.807, 2.05) is 0 Å². The van der Waals surface area contributed by atoms with Crippen molar-refractivity contribution in [1.82, 2.24) is 0 Å². The molecular formula is C21H22B8O2. The second-order valence-electron chi connectivity index (χ2n) is 11.2. The van der Waals surface area contributed by atoms with Crippen LogP contribution in [0.3, 0.4) is 0 Å². The number of fused-ring (bicyclic) bond motifs is 5. The van der Waals surface area contributed by atoms with E-state index in [0.29, 0.717) is 19.3 Å². The number of rotatable bonds is 2. The van der Waals surface area contributed by atoms with E-state index in [4.69, 9.17) is 62.8 Å². The van der Waals surface area contributed by atoms with Crippen LogP contribution >= 0.6 is 0 Å². The molecule has 4 aliphatic carbocycles. The molecule has 2 nitrogen and oxygen atoms in total. The summed E-state index contributed by atoms with van der Waals surface area (Å²) in [6.07, 6.45) is 3.65. The molecule has 0 bridgehead atoms. The van der Waals surface area contributed by atoms with Gasteiger partial charge in [0, 0.05) is 0 Å². The van der Waals surface area contributed by atoms with Gasteiger partial charge in [-0.3, -0.25) is 4.79 Å². The highest BCUT2D eigenvalue weighted by Crippen LogP contribution is 2.74. The molecule has 3 fully saturated rings. The molecule has 7 atom stereocenters. The SMILES string of the molecule is [B]C1=C2C([B])CC3C(CC[C@@]4(C)C3CC[C@]4([B])C(=O)C([B])([B])[B])[C@@]2(C)CC([B])([B])C1=O. The smallest absolute Gasteiger partial charge is 0.137 e. The Labute approximate surface area is 197 Å². The molecule has 10 heteroatoms. The molecule has 4 unspecified atom stereocenters. The Bertz CT molecular complexity index is 879. The molecule has 0 heterocycles. The number of allylic oxidation sites excluding steroid dienone is 1. The number of carbonyl (C=O) groups excluding carboxylic acids is 2. The van der Waals surface area contributed by atoms with E-state index in [0.717, 1.165) is 18.4 Å². The van der Waals surface area contributed by atoms with Crippen molar-refractivity contribution < 1.29 is 9.59 Å². The van der Waals surface area contributed by atoms with Gasteiger partial charge in [-0.1, -0.05) is 42.2 Å². The van der Waals surface area contributed by atoms with Gasteiger partial charge >= 0.3 is 0 Å². The summed E-state index contributed by atoms with van der Waals surface area (Å²) in [4.78, 5) is 25.8. The first-order chi connectivity index (χ1) is 14.0. The molecule has 0 aromatic rings. The highest BCUT2D eigenvalue weighted by molar-refractivity contribution is 6.70. The fourth-order valence-electron chi connectivity index (χ4n) is 8.07. The fraction of sp³-hybridized carbons (Fsp3) is 0.810. The third kappa shape index (κ3) is 3.01. The minimum Gasteiger partial charge on any atom is -0.302 e. The van der Waals surface area contributed by atoms with Crippen LogP contribution in [0, 0.1) is 28.6 Å². The zero-order valence-electron chi connectivity index (χ0n) is 18.5. The first kappa shape index (κ1) is 23.7. The third-order valence-electron chi connectivity index (χ3n) is 9.44. The van der Waals surface area contributed by atoms with E-state index in [2.05, 4.69) is 13.8 Å². The van der Waals surface area contributed by atoms with Crippen molar-refractivity contribution in [3.05, 3.63) is 11.0 Å². The van der Waals surface area contributed by atoms with E-state index in [1.54, 1.807) is 0 Å². The Hall–Kier alpha value is -0.401. The zero-order chi connectivity index (χ0) is 23.4. The molecule has 0 aromatic heterocycles. The van der Waals surface area contributed by atoms with Crippen LogP contribution in [0.25, 0.3) is 0 Å². The first-order valence-electron chi connectivity index (χ1n) is 11.1. The lowest BCUT2D eigenvalue weighted by Gasteiger charge is -2.63. The van der Waals surface area contributed by atoms with Crippen LogP contribution in [0.5, 0.6) is 0 Å². The van der Waals surface area contributed by atoms with Crippen LogP contribution in [0.15, 0.2) is 11.0 Å². The van der Waals surface area contributed by atoms with Crippen molar-refractivity contribution in [3.63, 3.8) is 0 Å². The van der Waals surface area contributed by atoms with Gasteiger partial charge in [-0.25, -0.2) is 0 Å². The highest BCUT2D eigenvalue weighted by Gasteiger charge is 2.66. The number of ketones is 2. The lowest BCUT2D eigenvalue weighted by molar-refractivity contribution is -0.128. The Kier molecular flexibility index (Phi) is 5.22. The Morgan fingerprint density at radius 3 is 2.19 bits per heavy atom. The van der Waals surface area contributed by atoms with Crippen molar-refractivity contribution in [2.45, 2.75) is 73.8 Å². The average molecular weight is 393 g/mol. The van der Waals surface area contributed by atoms with Crippen LogP contribution in [-0.4, -0.2) is 74.3 Å². The summed E-state index contributed by atoms with van der Waals surface area (Å²) in [7, 11) is 49.3. The van der Waals surface area contributed by atoms with Gasteiger partial charge in [0.15, 0.2) is 0 Å². The normalized spacial score (nSPS) is 46.7. The second-order valence-corrected chi connectivity index (χ2v) is 11.2. The van der Waals surface area contributed by atoms with E-state index < -0.39 is 38.0 Å². The monoisotopic (exact) mass is 394 g/mol. The highest BCUT2D eigenvalue weighted by atomic mass is 16.1. The molecular weight excluding hydrogens is 371 g/mol. The molecule has 4 rings (SSSR count). The minimum absolute atomic E-state index is 0.118. The zero-order valence-corrected chi connectivity index (χ0v) is 18.5. The van der Waals surface area contributed by atoms with E-state index in [-0.39, 0.29) is 35.5 Å². The Balaban J connectivity index is 1.77. The fourth-order valence-corrected chi connectivity index (χ4v) is 8.07. The molecule has 142 valence electrons. The van der Waals surface area contributed by atoms with Crippen molar-refractivity contribution in [1.29, 1.82) is 0 Å². The maximum atomic E-state index is 13.1. The summed E-state index contributed by atoms with van der Waals surface area (Å²) in [5.74, 6) is -0.835. The second kappa shape index (κ2) is 6.82. The first-order valence-corrected chi connectivity index (χ1v) is 11.1. The van der Waals surface area contributed by atoms with Gasteiger partial charge < -0.3 is 4.79 Å². The molecule has 0 amide bonds. The topological polar surface area (TPSA) is 34.1 Å². The van der Waals surface area contributed by atoms with E-state index >= 15 is 0 Å². The predicted molar refractivity (Wildman–Crippen MR) is 129 cm³/mol. The van der Waals surface area contributed by atoms with Crippen LogP contribution in [0.2, 0.25) is 21.5 Å². The number of Topliss-reactive ketones (excluding diaryl/α,β-unsaturated/α-hetero) is 2. The van der Waals surface area contributed by atoms with Crippen molar-refractivity contribution in [3.8, 4) is 0 Å². The van der Waals surface area contributed by atoms with E-state index in [1.165, 1.54) is 0 Å². The minimum atomic E-state index is -1.98. The number of hydrogen-bond donors (Lipinski definition) is 0. The number of carbonyl (C=O) groups is 2. The Morgan fingerprint density at radius 1 is 1.03 bits per heavy atom. The van der Waals surface area contributed by atoms with Gasteiger partial charge in [0.1, 0.15) is 19.4 Å². The van der Waals surface area contributed by atoms with Crippen molar-refractivity contribution in [2.75, 3.05) is 0 Å². The summed E-state index contributed by atoms with van der Waals surface area (Å²) in [5.41, 5.74) is -0.0995. The van der Waals surface area contributed by atoms with Gasteiger partial charge in [-0.15, -0.1) is 0 Å². The third-order valence-corrected chi connectivity index (χ3v) is 9.44. The van der Waals surface area contributed by atoms with Gasteiger partial charge in [0.2, 0.25) is 0 Å². The Morgan fingerprint density at radius 2 is 1.61 bits per heavy atom. The summed E-state index contributed by atoms with van der Waals surface area (Å²) in [5, 5.41) is -4.70. The van der Waals surface area contributed by atoms with Crippen LogP contribution in [-0.2, 0) is 9.59 Å². The average Bonchev–Trinajstić information content (AvgIpc) is 2.90. The predicted octanol–water partition coefficient (Wildman–Crippen LogP) is 1.12. The maximum Gasteiger partial charge on any atom is 0.137 e. The summed E-state index contributed by atoms with van der Waals surface area (Å²) < 4.78 is 0. The molecule has 0 aromatic carbocycles. The molecule has 0 N–H and O–H groups in total. The summed E-state index contributed by atoms with van der Waals surface area (Å²) in [6, 6.07) is 0. The molecule has 31 heavy (non-hydrogen) atoms. The van der Waals surface area contributed by atoms with E-state index in [9.17, 15) is 9.59 Å². The van der Waals surface area contributed by atoms with Crippen LogP contribution in [0.4, 0.5) is 0 Å². The summed E-state index contributed by atoms with van der Waals surface area (Å²) in [6.45, 7) is 4.13. The lowest BCUT2D eigenvalue weighted by atomic mass is 9.31. The van der Waals surface area contributed by atoms with Crippen LogP contribution in [0.1, 0.15) is 52.4 Å². The maximum absolute atomic E-state index is 13.1. The molecule has 16 radical (unpaired) electrons. The molecule has 0 aliphatic heterocycles. The molecule has 0 saturated heterocycles. The standard InChI is InChI=1S/C21H22B8O2/c1-17-8-20(25,26)15(30)14(23)13(17)12(22)7-9-10(17)3-5-18(2)11(9)4-6-19(18,24)16(31)21(27,28)29/h9-12H,3-8H2,1-2H3/t9?,10?,11?,12?,17-,18+,19+/m1/s1. The molecule has 4 aliphatic rings. The van der Waals surface area contributed by atoms with Gasteiger partial charge in [0.05, 0.1) is 54.9 Å². The lowest BCUT2D eigenvalue weighted by Crippen LogP contribution is -2.56. The summed E-state index contributed by atoms with van der Waals surface area (Å²) >= 11 is 0. The molecule has 3 saturated carbocycles. The van der Waals surface area contributed by atoms with Crippen molar-refractivity contribution >= 4 is 74.3 Å². The molecule has 0 spiro atoms.